The van der Waals surface area contributed by atoms with Crippen molar-refractivity contribution >= 4 is 17.2 Å². The van der Waals surface area contributed by atoms with Gasteiger partial charge in [0.1, 0.15) is 5.76 Å². The summed E-state index contributed by atoms with van der Waals surface area (Å²) in [7, 11) is 0. The lowest BCUT2D eigenvalue weighted by Gasteiger charge is -2.09. The van der Waals surface area contributed by atoms with E-state index in [1.807, 2.05) is 19.9 Å². The fraction of sp³-hybridized carbons (Fsp3) is 0.222. The highest BCUT2D eigenvalue weighted by Crippen LogP contribution is 2.39. The lowest BCUT2D eigenvalue weighted by molar-refractivity contribution is 0.298. The first-order valence-corrected chi connectivity index (χ1v) is 7.99. The Hall–Kier alpha value is -2.96. The van der Waals surface area contributed by atoms with Gasteiger partial charge in [-0.1, -0.05) is 19.1 Å². The molecule has 1 atom stereocenters. The lowest BCUT2D eigenvalue weighted by Crippen LogP contribution is -2.04. The summed E-state index contributed by atoms with van der Waals surface area (Å²) in [4.78, 5) is 4.40. The van der Waals surface area contributed by atoms with Crippen molar-refractivity contribution in [2.24, 2.45) is 0 Å². The van der Waals surface area contributed by atoms with E-state index in [1.165, 1.54) is 12.1 Å². The number of anilines is 1. The molecular formula is C18H16F2N4O. The Morgan fingerprint density at radius 3 is 2.84 bits per heavy atom. The van der Waals surface area contributed by atoms with E-state index in [0.29, 0.717) is 12.3 Å². The number of ether oxygens (including phenoxy) is 1. The number of nitrogens with two attached hydrogens (primary N) is 1. The van der Waals surface area contributed by atoms with Gasteiger partial charge in [0.2, 0.25) is 0 Å². The molecule has 0 saturated carbocycles. The first-order valence-electron chi connectivity index (χ1n) is 7.99. The minimum Gasteiger partial charge on any atom is -0.493 e. The van der Waals surface area contributed by atoms with Gasteiger partial charge in [-0.15, -0.1) is 5.10 Å². The molecule has 0 fully saturated rings. The molecule has 2 N–H and O–H groups in total. The minimum atomic E-state index is -0.965. The quantitative estimate of drug-likeness (QED) is 0.787. The summed E-state index contributed by atoms with van der Waals surface area (Å²) < 4.78 is 35.1. The van der Waals surface area contributed by atoms with Crippen molar-refractivity contribution in [1.29, 1.82) is 0 Å². The predicted molar refractivity (Wildman–Crippen MR) is 90.8 cm³/mol. The standard InChI is InChI=1S/C18H16F2N4O/c1-3-25-13-7-9(2)16-11(13)8-22-18-14(17(21)23-24(16)18)10-5-4-6-12(19)15(10)20/h4-9H,3H2,1-2H3,(H2,21,23). The summed E-state index contributed by atoms with van der Waals surface area (Å²) in [5.41, 5.74) is 8.44. The van der Waals surface area contributed by atoms with Crippen LogP contribution < -0.4 is 5.73 Å². The van der Waals surface area contributed by atoms with Crippen LogP contribution in [0.5, 0.6) is 0 Å². The molecule has 4 rings (SSSR count). The maximum Gasteiger partial charge on any atom is 0.166 e. The molecular weight excluding hydrogens is 326 g/mol. The number of halogens is 2. The maximum absolute atomic E-state index is 14.3. The molecule has 25 heavy (non-hydrogen) atoms. The molecule has 0 saturated heterocycles. The molecule has 0 radical (unpaired) electrons. The van der Waals surface area contributed by atoms with Crippen LogP contribution >= 0.6 is 0 Å². The Morgan fingerprint density at radius 1 is 1.28 bits per heavy atom. The average molecular weight is 342 g/mol. The van der Waals surface area contributed by atoms with Crippen molar-refractivity contribution in [2.75, 3.05) is 12.3 Å². The highest BCUT2D eigenvalue weighted by atomic mass is 19.2. The van der Waals surface area contributed by atoms with E-state index >= 15 is 0 Å². The number of hydrogen-bond donors (Lipinski definition) is 1. The first kappa shape index (κ1) is 15.6. The van der Waals surface area contributed by atoms with Crippen LogP contribution in [0.2, 0.25) is 0 Å². The van der Waals surface area contributed by atoms with Gasteiger partial charge in [0.25, 0.3) is 0 Å². The van der Waals surface area contributed by atoms with E-state index in [4.69, 9.17) is 10.5 Å². The van der Waals surface area contributed by atoms with E-state index in [1.54, 1.807) is 10.7 Å². The zero-order valence-corrected chi connectivity index (χ0v) is 13.8. The van der Waals surface area contributed by atoms with Crippen LogP contribution in [0.4, 0.5) is 14.6 Å². The summed E-state index contributed by atoms with van der Waals surface area (Å²) in [6.07, 6.45) is 3.65. The zero-order chi connectivity index (χ0) is 17.7. The molecule has 1 unspecified atom stereocenters. The first-order chi connectivity index (χ1) is 12.0. The molecule has 0 bridgehead atoms. The van der Waals surface area contributed by atoms with Gasteiger partial charge in [0, 0.05) is 17.7 Å². The van der Waals surface area contributed by atoms with Crippen molar-refractivity contribution in [2.45, 2.75) is 19.8 Å². The summed E-state index contributed by atoms with van der Waals surface area (Å²) in [6, 6.07) is 3.96. The molecule has 128 valence electrons. The second-order valence-corrected chi connectivity index (χ2v) is 5.91. The molecule has 3 aromatic rings. The largest absolute Gasteiger partial charge is 0.493 e. The van der Waals surface area contributed by atoms with E-state index in [0.717, 1.165) is 23.1 Å². The molecule has 1 aliphatic carbocycles. The number of hydrogen-bond acceptors (Lipinski definition) is 4. The maximum atomic E-state index is 14.3. The third kappa shape index (κ3) is 2.19. The molecule has 2 aromatic heterocycles. The van der Waals surface area contributed by atoms with Gasteiger partial charge in [0.15, 0.2) is 23.1 Å². The van der Waals surface area contributed by atoms with Crippen molar-refractivity contribution in [1.82, 2.24) is 14.6 Å². The van der Waals surface area contributed by atoms with Gasteiger partial charge < -0.3 is 10.5 Å². The second-order valence-electron chi connectivity index (χ2n) is 5.91. The average Bonchev–Trinajstić information content (AvgIpc) is 3.07. The van der Waals surface area contributed by atoms with Crippen LogP contribution in [-0.2, 0) is 4.74 Å². The van der Waals surface area contributed by atoms with E-state index < -0.39 is 11.6 Å². The Bertz CT molecular complexity index is 1030. The molecule has 0 spiro atoms. The summed E-state index contributed by atoms with van der Waals surface area (Å²) in [5.74, 6) is -1.03. The van der Waals surface area contributed by atoms with Gasteiger partial charge in [-0.25, -0.2) is 18.3 Å². The molecule has 0 aliphatic heterocycles. The van der Waals surface area contributed by atoms with Crippen LogP contribution in [0.1, 0.15) is 31.0 Å². The molecule has 1 aromatic carbocycles. The Labute approximate surface area is 142 Å². The Balaban J connectivity index is 1.98. The van der Waals surface area contributed by atoms with Crippen LogP contribution in [-0.4, -0.2) is 21.2 Å². The summed E-state index contributed by atoms with van der Waals surface area (Å²) in [5, 5.41) is 4.33. The van der Waals surface area contributed by atoms with E-state index in [2.05, 4.69) is 10.1 Å². The van der Waals surface area contributed by atoms with Crippen LogP contribution in [0.25, 0.3) is 22.5 Å². The van der Waals surface area contributed by atoms with Crippen LogP contribution in [0.3, 0.4) is 0 Å². The second kappa shape index (κ2) is 5.54. The molecule has 2 heterocycles. The Morgan fingerprint density at radius 2 is 2.08 bits per heavy atom. The van der Waals surface area contributed by atoms with Gasteiger partial charge in [-0.05, 0) is 19.1 Å². The topological polar surface area (TPSA) is 65.4 Å². The van der Waals surface area contributed by atoms with Gasteiger partial charge in [-0.3, -0.25) is 0 Å². The molecule has 7 heteroatoms. The van der Waals surface area contributed by atoms with Gasteiger partial charge in [0.05, 0.1) is 23.4 Å². The predicted octanol–water partition coefficient (Wildman–Crippen LogP) is 3.75. The molecule has 5 nitrogen and oxygen atoms in total. The number of nitrogen functional groups attached to an aromatic ring is 1. The summed E-state index contributed by atoms with van der Waals surface area (Å²) >= 11 is 0. The van der Waals surface area contributed by atoms with Crippen LogP contribution in [0.15, 0.2) is 30.5 Å². The van der Waals surface area contributed by atoms with Crippen LogP contribution in [0, 0.1) is 11.6 Å². The monoisotopic (exact) mass is 342 g/mol. The zero-order valence-electron chi connectivity index (χ0n) is 13.8. The van der Waals surface area contributed by atoms with Crippen molar-refractivity contribution in [3.05, 3.63) is 53.4 Å². The van der Waals surface area contributed by atoms with Crippen molar-refractivity contribution < 1.29 is 13.5 Å². The SMILES string of the molecule is CCOC1=CC(C)c2c1cnc1c(-c3cccc(F)c3F)c(N)nn21. The Kier molecular flexibility index (Phi) is 3.45. The van der Waals surface area contributed by atoms with Gasteiger partial charge in [-0.2, -0.15) is 0 Å². The third-order valence-corrected chi connectivity index (χ3v) is 4.33. The molecule has 0 amide bonds. The number of allylic oxidation sites excluding steroid dienone is 1. The number of nitrogens with zero attached hydrogens (tertiary/aromatic N) is 3. The van der Waals surface area contributed by atoms with E-state index in [9.17, 15) is 8.78 Å². The van der Waals surface area contributed by atoms with Crippen molar-refractivity contribution in [3.8, 4) is 11.1 Å². The minimum absolute atomic E-state index is 0.0338. The number of fused-ring (bicyclic) bond motifs is 3. The normalized spacial score (nSPS) is 16.2. The van der Waals surface area contributed by atoms with E-state index in [-0.39, 0.29) is 22.9 Å². The highest BCUT2D eigenvalue weighted by molar-refractivity contribution is 5.87. The highest BCUT2D eigenvalue weighted by Gasteiger charge is 2.28. The number of benzene rings is 1. The third-order valence-electron chi connectivity index (χ3n) is 4.33. The number of rotatable bonds is 3. The van der Waals surface area contributed by atoms with Crippen molar-refractivity contribution in [3.63, 3.8) is 0 Å². The fourth-order valence-corrected chi connectivity index (χ4v) is 3.28. The smallest absolute Gasteiger partial charge is 0.166 e. The molecule has 1 aliphatic rings. The van der Waals surface area contributed by atoms with Gasteiger partial charge >= 0.3 is 0 Å². The fourth-order valence-electron chi connectivity index (χ4n) is 3.28. The summed E-state index contributed by atoms with van der Waals surface area (Å²) in [6.45, 7) is 4.45. The lowest BCUT2D eigenvalue weighted by atomic mass is 10.1. The number of aromatic nitrogens is 3.